The predicted molar refractivity (Wildman–Crippen MR) is 140 cm³/mol. The summed E-state index contributed by atoms with van der Waals surface area (Å²) in [6.07, 6.45) is -0.251. The Balaban J connectivity index is 1.89. The van der Waals surface area contributed by atoms with Crippen LogP contribution in [0.3, 0.4) is 0 Å². The van der Waals surface area contributed by atoms with Gasteiger partial charge >= 0.3 is 12.1 Å². The van der Waals surface area contributed by atoms with E-state index < -0.39 is 35.2 Å². The molecule has 2 amide bonds. The molecule has 0 bridgehead atoms. The molecular weight excluding hydrogens is 472 g/mol. The van der Waals surface area contributed by atoms with Gasteiger partial charge in [0.1, 0.15) is 17.7 Å². The topological polar surface area (TPSA) is 105 Å². The third kappa shape index (κ3) is 6.96. The summed E-state index contributed by atoms with van der Waals surface area (Å²) in [7, 11) is 0. The summed E-state index contributed by atoms with van der Waals surface area (Å²) in [6.45, 7) is 9.33. The molecule has 2 aromatic rings. The summed E-state index contributed by atoms with van der Waals surface area (Å²) in [6, 6.07) is 15.9. The number of cyclic esters (lactones) is 1. The number of hydrogen-bond donors (Lipinski definition) is 2. The number of ether oxygens (including phenoxy) is 2. The maximum Gasteiger partial charge on any atom is 0.417 e. The van der Waals surface area contributed by atoms with Gasteiger partial charge in [-0.05, 0) is 57.4 Å². The average molecular weight is 511 g/mol. The lowest BCUT2D eigenvalue weighted by atomic mass is 9.83. The maximum absolute atomic E-state index is 14.0. The van der Waals surface area contributed by atoms with E-state index >= 15 is 0 Å². The number of aliphatic hydroxyl groups is 1. The first kappa shape index (κ1) is 28.3. The average Bonchev–Trinajstić information content (AvgIpc) is 3.21. The van der Waals surface area contributed by atoms with Gasteiger partial charge < -0.3 is 14.6 Å². The van der Waals surface area contributed by atoms with Crippen molar-refractivity contribution in [2.45, 2.75) is 83.7 Å². The van der Waals surface area contributed by atoms with E-state index in [-0.39, 0.29) is 25.6 Å². The molecule has 200 valence electrons. The molecular formula is C29H38N2O6. The summed E-state index contributed by atoms with van der Waals surface area (Å²) in [5, 5.41) is 14.3. The second-order valence-corrected chi connectivity index (χ2v) is 10.6. The largest absolute Gasteiger partial charge is 0.456 e. The van der Waals surface area contributed by atoms with Crippen LogP contribution < -0.4 is 5.32 Å². The third-order valence-corrected chi connectivity index (χ3v) is 6.42. The molecule has 0 saturated carbocycles. The highest BCUT2D eigenvalue weighted by Crippen LogP contribution is 2.27. The molecule has 1 aliphatic rings. The Labute approximate surface area is 219 Å². The fourth-order valence-corrected chi connectivity index (χ4v) is 4.43. The van der Waals surface area contributed by atoms with Crippen LogP contribution in [0.4, 0.5) is 4.79 Å². The minimum Gasteiger partial charge on any atom is -0.456 e. The lowest BCUT2D eigenvalue weighted by Crippen LogP contribution is -2.66. The SMILES string of the molecule is CCC[C@@H]1COC(=O)N1C(=O)[C@@](Cc1ccccc1)(NCc1ccc(C(=O)OC(C)(C)C)cc1)[C@H](C)O. The minimum absolute atomic E-state index is 0.145. The van der Waals surface area contributed by atoms with Crippen molar-refractivity contribution in [1.29, 1.82) is 0 Å². The number of carbonyl (C=O) groups is 3. The highest BCUT2D eigenvalue weighted by molar-refractivity contribution is 5.99. The van der Waals surface area contributed by atoms with Crippen LogP contribution in [0.2, 0.25) is 0 Å². The molecule has 0 unspecified atom stereocenters. The zero-order valence-corrected chi connectivity index (χ0v) is 22.3. The van der Waals surface area contributed by atoms with Gasteiger partial charge in [0.2, 0.25) is 0 Å². The number of esters is 1. The lowest BCUT2D eigenvalue weighted by molar-refractivity contribution is -0.141. The number of nitrogens with one attached hydrogen (secondary N) is 1. The molecule has 0 radical (unpaired) electrons. The van der Waals surface area contributed by atoms with Gasteiger partial charge in [-0.2, -0.15) is 0 Å². The van der Waals surface area contributed by atoms with Gasteiger partial charge in [0.05, 0.1) is 17.7 Å². The molecule has 1 aliphatic heterocycles. The molecule has 2 aromatic carbocycles. The third-order valence-electron chi connectivity index (χ3n) is 6.42. The molecule has 0 aliphatic carbocycles. The number of rotatable bonds is 10. The smallest absolute Gasteiger partial charge is 0.417 e. The van der Waals surface area contributed by atoms with Gasteiger partial charge in [-0.25, -0.2) is 14.5 Å². The van der Waals surface area contributed by atoms with E-state index in [1.54, 1.807) is 31.2 Å². The Kier molecular flexibility index (Phi) is 9.10. The van der Waals surface area contributed by atoms with Crippen LogP contribution in [0, 0.1) is 0 Å². The van der Waals surface area contributed by atoms with Crippen molar-refractivity contribution in [3.05, 3.63) is 71.3 Å². The molecule has 37 heavy (non-hydrogen) atoms. The lowest BCUT2D eigenvalue weighted by Gasteiger charge is -2.39. The zero-order valence-electron chi connectivity index (χ0n) is 22.3. The highest BCUT2D eigenvalue weighted by Gasteiger charge is 2.51. The molecule has 1 saturated heterocycles. The van der Waals surface area contributed by atoms with Crippen molar-refractivity contribution in [3.8, 4) is 0 Å². The number of carbonyl (C=O) groups excluding carboxylic acids is 3. The number of benzene rings is 2. The van der Waals surface area contributed by atoms with E-state index in [0.29, 0.717) is 12.0 Å². The van der Waals surface area contributed by atoms with E-state index in [1.165, 1.54) is 0 Å². The Morgan fingerprint density at radius 2 is 1.76 bits per heavy atom. The summed E-state index contributed by atoms with van der Waals surface area (Å²) >= 11 is 0. The van der Waals surface area contributed by atoms with E-state index in [0.717, 1.165) is 22.4 Å². The van der Waals surface area contributed by atoms with Crippen LogP contribution in [0.25, 0.3) is 0 Å². The van der Waals surface area contributed by atoms with Crippen molar-refractivity contribution in [2.75, 3.05) is 6.61 Å². The Hall–Kier alpha value is -3.23. The van der Waals surface area contributed by atoms with Crippen LogP contribution in [0.15, 0.2) is 54.6 Å². The molecule has 0 aromatic heterocycles. The Morgan fingerprint density at radius 1 is 1.11 bits per heavy atom. The second kappa shape index (κ2) is 11.9. The maximum atomic E-state index is 14.0. The molecule has 2 N–H and O–H groups in total. The van der Waals surface area contributed by atoms with Gasteiger partial charge in [-0.15, -0.1) is 0 Å². The van der Waals surface area contributed by atoms with Gasteiger partial charge in [-0.3, -0.25) is 10.1 Å². The van der Waals surface area contributed by atoms with Gasteiger partial charge in [0.15, 0.2) is 0 Å². The summed E-state index contributed by atoms with van der Waals surface area (Å²) in [5.74, 6) is -0.934. The van der Waals surface area contributed by atoms with Gasteiger partial charge in [0.25, 0.3) is 5.91 Å². The van der Waals surface area contributed by atoms with E-state index in [2.05, 4.69) is 5.32 Å². The standard InChI is InChI=1S/C29H38N2O6/c1-6-10-24-19-36-27(35)31(24)26(34)29(20(2)32,17-21-11-8-7-9-12-21)30-18-22-13-15-23(16-14-22)25(33)37-28(3,4)5/h7-9,11-16,20,24,30,32H,6,10,17-19H2,1-5H3/t20-,24+,29-/m0/s1. The fourth-order valence-electron chi connectivity index (χ4n) is 4.43. The molecule has 8 heteroatoms. The van der Waals surface area contributed by atoms with Crippen LogP contribution >= 0.6 is 0 Å². The summed E-state index contributed by atoms with van der Waals surface area (Å²) < 4.78 is 10.6. The fraction of sp³-hybridized carbons (Fsp3) is 0.483. The van der Waals surface area contributed by atoms with E-state index in [9.17, 15) is 19.5 Å². The van der Waals surface area contributed by atoms with Crippen LogP contribution in [0.5, 0.6) is 0 Å². The highest BCUT2D eigenvalue weighted by atomic mass is 16.6. The number of nitrogens with zero attached hydrogens (tertiary/aromatic N) is 1. The summed E-state index contributed by atoms with van der Waals surface area (Å²) in [4.78, 5) is 40.2. The van der Waals surface area contributed by atoms with E-state index in [1.807, 2.05) is 58.0 Å². The monoisotopic (exact) mass is 510 g/mol. The second-order valence-electron chi connectivity index (χ2n) is 10.6. The molecule has 1 fully saturated rings. The number of hydrogen-bond acceptors (Lipinski definition) is 7. The van der Waals surface area contributed by atoms with Gasteiger partial charge in [-0.1, -0.05) is 55.8 Å². The Morgan fingerprint density at radius 3 is 2.32 bits per heavy atom. The van der Waals surface area contributed by atoms with Crippen LogP contribution in [-0.2, 0) is 27.2 Å². The zero-order chi connectivity index (χ0) is 27.2. The molecule has 1 heterocycles. The Bertz CT molecular complexity index is 1080. The number of aliphatic hydroxyl groups excluding tert-OH is 1. The molecule has 3 atom stereocenters. The van der Waals surface area contributed by atoms with Crippen molar-refractivity contribution < 1.29 is 29.0 Å². The first-order chi connectivity index (χ1) is 17.5. The van der Waals surface area contributed by atoms with Crippen molar-refractivity contribution in [3.63, 3.8) is 0 Å². The normalized spacial score (nSPS) is 18.2. The summed E-state index contributed by atoms with van der Waals surface area (Å²) in [5.41, 5.74) is -0.0294. The number of imide groups is 1. The van der Waals surface area contributed by atoms with Crippen molar-refractivity contribution in [2.24, 2.45) is 0 Å². The first-order valence-electron chi connectivity index (χ1n) is 12.8. The van der Waals surface area contributed by atoms with Crippen molar-refractivity contribution in [1.82, 2.24) is 10.2 Å². The van der Waals surface area contributed by atoms with E-state index in [4.69, 9.17) is 9.47 Å². The van der Waals surface area contributed by atoms with Crippen LogP contribution in [0.1, 0.15) is 68.9 Å². The quantitative estimate of drug-likeness (QED) is 0.461. The first-order valence-corrected chi connectivity index (χ1v) is 12.8. The molecule has 8 nitrogen and oxygen atoms in total. The molecule has 3 rings (SSSR count). The number of amides is 2. The molecule has 0 spiro atoms. The van der Waals surface area contributed by atoms with Crippen LogP contribution in [-0.4, -0.2) is 57.9 Å². The van der Waals surface area contributed by atoms with Gasteiger partial charge in [0, 0.05) is 13.0 Å². The minimum atomic E-state index is -1.49. The van der Waals surface area contributed by atoms with Crippen molar-refractivity contribution >= 4 is 18.0 Å². The predicted octanol–water partition coefficient (Wildman–Crippen LogP) is 4.24.